The van der Waals surface area contributed by atoms with Crippen molar-refractivity contribution < 1.29 is 9.52 Å². The van der Waals surface area contributed by atoms with Crippen LogP contribution in [-0.4, -0.2) is 29.1 Å². The SMILES string of the molecule is CC1(C)CC2CC(C)(CN2CC(O)c2ccco2)C1. The van der Waals surface area contributed by atoms with Crippen LogP contribution in [0.4, 0.5) is 0 Å². The third-order valence-electron chi connectivity index (χ3n) is 4.80. The Kier molecular flexibility index (Phi) is 3.02. The molecule has 0 aromatic carbocycles. The summed E-state index contributed by atoms with van der Waals surface area (Å²) in [5.74, 6) is 0.686. The number of furan rings is 1. The van der Waals surface area contributed by atoms with E-state index in [2.05, 4.69) is 25.7 Å². The maximum Gasteiger partial charge on any atom is 0.133 e. The Morgan fingerprint density at radius 3 is 2.89 bits per heavy atom. The summed E-state index contributed by atoms with van der Waals surface area (Å²) in [4.78, 5) is 2.47. The van der Waals surface area contributed by atoms with Crippen molar-refractivity contribution >= 4 is 0 Å². The Morgan fingerprint density at radius 2 is 2.21 bits per heavy atom. The van der Waals surface area contributed by atoms with Gasteiger partial charge in [0, 0.05) is 19.1 Å². The zero-order chi connectivity index (χ0) is 13.7. The van der Waals surface area contributed by atoms with Gasteiger partial charge < -0.3 is 9.52 Å². The third-order valence-corrected chi connectivity index (χ3v) is 4.80. The molecular formula is C16H25NO2. The molecule has 1 aromatic heterocycles. The van der Waals surface area contributed by atoms with Crippen molar-refractivity contribution in [3.05, 3.63) is 24.2 Å². The first-order chi connectivity index (χ1) is 8.87. The summed E-state index contributed by atoms with van der Waals surface area (Å²) in [6.07, 6.45) is 4.95. The van der Waals surface area contributed by atoms with Crippen molar-refractivity contribution in [2.75, 3.05) is 13.1 Å². The average molecular weight is 263 g/mol. The predicted molar refractivity (Wildman–Crippen MR) is 74.8 cm³/mol. The molecule has 3 heteroatoms. The first-order valence-electron chi connectivity index (χ1n) is 7.33. The first kappa shape index (κ1) is 13.2. The van der Waals surface area contributed by atoms with Gasteiger partial charge in [0.1, 0.15) is 11.9 Å². The van der Waals surface area contributed by atoms with Crippen LogP contribution in [0.5, 0.6) is 0 Å². The lowest BCUT2D eigenvalue weighted by molar-refractivity contribution is 0.0790. The van der Waals surface area contributed by atoms with Gasteiger partial charge in [0.05, 0.1) is 6.26 Å². The molecular weight excluding hydrogens is 238 g/mol. The van der Waals surface area contributed by atoms with Gasteiger partial charge in [-0.1, -0.05) is 20.8 Å². The Balaban J connectivity index is 1.70. The molecule has 1 N–H and O–H groups in total. The smallest absolute Gasteiger partial charge is 0.133 e. The molecule has 1 aliphatic carbocycles. The number of hydrogen-bond donors (Lipinski definition) is 1. The number of nitrogens with zero attached hydrogens (tertiary/aromatic N) is 1. The normalized spacial score (nSPS) is 35.5. The van der Waals surface area contributed by atoms with Crippen LogP contribution in [0.15, 0.2) is 22.8 Å². The highest BCUT2D eigenvalue weighted by atomic mass is 16.4. The van der Waals surface area contributed by atoms with E-state index in [1.54, 1.807) is 6.26 Å². The summed E-state index contributed by atoms with van der Waals surface area (Å²) in [6.45, 7) is 8.97. The fraction of sp³-hybridized carbons (Fsp3) is 0.750. The number of hydrogen-bond acceptors (Lipinski definition) is 3. The Bertz CT molecular complexity index is 440. The maximum atomic E-state index is 10.3. The van der Waals surface area contributed by atoms with E-state index in [-0.39, 0.29) is 0 Å². The summed E-state index contributed by atoms with van der Waals surface area (Å²) in [5, 5.41) is 10.3. The first-order valence-corrected chi connectivity index (χ1v) is 7.33. The van der Waals surface area contributed by atoms with Gasteiger partial charge >= 0.3 is 0 Å². The van der Waals surface area contributed by atoms with Gasteiger partial charge in [-0.25, -0.2) is 0 Å². The highest BCUT2D eigenvalue weighted by Gasteiger charge is 2.49. The van der Waals surface area contributed by atoms with E-state index >= 15 is 0 Å². The van der Waals surface area contributed by atoms with Crippen molar-refractivity contribution in [3.8, 4) is 0 Å². The van der Waals surface area contributed by atoms with Gasteiger partial charge in [0.15, 0.2) is 0 Å². The summed E-state index contributed by atoms with van der Waals surface area (Å²) in [6, 6.07) is 4.32. The van der Waals surface area contributed by atoms with Crippen LogP contribution in [0.2, 0.25) is 0 Å². The third kappa shape index (κ3) is 2.59. The molecule has 1 saturated heterocycles. The molecule has 2 bridgehead atoms. The van der Waals surface area contributed by atoms with E-state index in [1.165, 1.54) is 19.3 Å². The molecule has 2 fully saturated rings. The molecule has 1 saturated carbocycles. The summed E-state index contributed by atoms with van der Waals surface area (Å²) >= 11 is 0. The van der Waals surface area contributed by atoms with Crippen molar-refractivity contribution in [1.82, 2.24) is 4.90 Å². The molecule has 0 amide bonds. The summed E-state index contributed by atoms with van der Waals surface area (Å²) < 4.78 is 5.31. The zero-order valence-corrected chi connectivity index (χ0v) is 12.2. The van der Waals surface area contributed by atoms with Crippen LogP contribution in [0.1, 0.15) is 51.9 Å². The van der Waals surface area contributed by atoms with E-state index in [0.717, 1.165) is 6.54 Å². The molecule has 2 aliphatic rings. The van der Waals surface area contributed by atoms with Gasteiger partial charge in [0.2, 0.25) is 0 Å². The van der Waals surface area contributed by atoms with E-state index in [1.807, 2.05) is 12.1 Å². The van der Waals surface area contributed by atoms with Crippen molar-refractivity contribution in [2.24, 2.45) is 10.8 Å². The Morgan fingerprint density at radius 1 is 1.42 bits per heavy atom. The van der Waals surface area contributed by atoms with E-state index in [0.29, 0.717) is 29.2 Å². The summed E-state index contributed by atoms with van der Waals surface area (Å²) in [5.41, 5.74) is 0.858. The van der Waals surface area contributed by atoms with Gasteiger partial charge in [-0.05, 0) is 42.2 Å². The topological polar surface area (TPSA) is 36.6 Å². The number of fused-ring (bicyclic) bond motifs is 2. The fourth-order valence-corrected chi connectivity index (χ4v) is 4.58. The highest BCUT2D eigenvalue weighted by molar-refractivity contribution is 5.06. The minimum atomic E-state index is -0.499. The van der Waals surface area contributed by atoms with Crippen LogP contribution < -0.4 is 0 Å². The number of likely N-dealkylation sites (tertiary alicyclic amines) is 1. The van der Waals surface area contributed by atoms with Crippen molar-refractivity contribution in [1.29, 1.82) is 0 Å². The highest BCUT2D eigenvalue weighted by Crippen LogP contribution is 2.52. The van der Waals surface area contributed by atoms with Gasteiger partial charge in [-0.3, -0.25) is 4.90 Å². The molecule has 0 spiro atoms. The van der Waals surface area contributed by atoms with Crippen LogP contribution in [0, 0.1) is 10.8 Å². The molecule has 19 heavy (non-hydrogen) atoms. The number of β-amino-alcohol motifs (C(OH)–C–C–N with tert-alkyl or cyclic N) is 1. The molecule has 3 rings (SSSR count). The number of rotatable bonds is 3. The minimum Gasteiger partial charge on any atom is -0.467 e. The summed E-state index contributed by atoms with van der Waals surface area (Å²) in [7, 11) is 0. The molecule has 2 heterocycles. The van der Waals surface area contributed by atoms with Gasteiger partial charge in [0.25, 0.3) is 0 Å². The Labute approximate surface area is 115 Å². The van der Waals surface area contributed by atoms with Gasteiger partial charge in [-0.15, -0.1) is 0 Å². The van der Waals surface area contributed by atoms with Crippen molar-refractivity contribution in [3.63, 3.8) is 0 Å². The predicted octanol–water partition coefficient (Wildman–Crippen LogP) is 3.21. The second-order valence-corrected chi connectivity index (χ2v) is 7.67. The van der Waals surface area contributed by atoms with E-state index in [4.69, 9.17) is 4.42 Å². The number of aliphatic hydroxyl groups is 1. The molecule has 3 atom stereocenters. The standard InChI is InChI=1S/C16H25NO2/c1-15(2)7-12-8-16(3,10-15)11-17(12)9-13(18)14-5-4-6-19-14/h4-6,12-13,18H,7-11H2,1-3H3. The lowest BCUT2D eigenvalue weighted by Gasteiger charge is -2.40. The van der Waals surface area contributed by atoms with Crippen LogP contribution in [0.3, 0.4) is 0 Å². The van der Waals surface area contributed by atoms with Crippen LogP contribution in [0.25, 0.3) is 0 Å². The molecule has 1 aliphatic heterocycles. The van der Waals surface area contributed by atoms with E-state index < -0.39 is 6.10 Å². The Hall–Kier alpha value is -0.800. The monoisotopic (exact) mass is 263 g/mol. The molecule has 106 valence electrons. The van der Waals surface area contributed by atoms with Crippen LogP contribution >= 0.6 is 0 Å². The number of aliphatic hydroxyl groups excluding tert-OH is 1. The lowest BCUT2D eigenvalue weighted by Crippen LogP contribution is -2.36. The van der Waals surface area contributed by atoms with Gasteiger partial charge in [-0.2, -0.15) is 0 Å². The molecule has 3 nitrogen and oxygen atoms in total. The second kappa shape index (κ2) is 4.35. The fourth-order valence-electron chi connectivity index (χ4n) is 4.58. The maximum absolute atomic E-state index is 10.3. The van der Waals surface area contributed by atoms with Crippen molar-refractivity contribution in [2.45, 2.75) is 52.2 Å². The zero-order valence-electron chi connectivity index (χ0n) is 12.2. The largest absolute Gasteiger partial charge is 0.467 e. The lowest BCUT2D eigenvalue weighted by atomic mass is 9.65. The molecule has 3 unspecified atom stereocenters. The molecule has 0 radical (unpaired) electrons. The van der Waals surface area contributed by atoms with Crippen LogP contribution in [-0.2, 0) is 0 Å². The van der Waals surface area contributed by atoms with E-state index in [9.17, 15) is 5.11 Å². The molecule has 1 aromatic rings. The second-order valence-electron chi connectivity index (χ2n) is 7.67. The minimum absolute atomic E-state index is 0.426. The average Bonchev–Trinajstić information content (AvgIpc) is 2.84. The quantitative estimate of drug-likeness (QED) is 0.909.